The standard InChI is InChI=1S/C19H20N4O/c1-3-14(2)21-19(24)17-11-12-23-18(22-17)16(13-20-23)10-9-15-7-5-4-6-8-15/h4-14H,3H2,1-2H3,(H,21,24)/b10-9+. The number of carbonyl (C=O) groups is 1. The molecule has 1 atom stereocenters. The van der Waals surface area contributed by atoms with E-state index in [4.69, 9.17) is 0 Å². The van der Waals surface area contributed by atoms with E-state index in [9.17, 15) is 4.79 Å². The Hall–Kier alpha value is -2.95. The van der Waals surface area contributed by atoms with Crippen LogP contribution >= 0.6 is 0 Å². The third-order valence-corrected chi connectivity index (χ3v) is 3.87. The summed E-state index contributed by atoms with van der Waals surface area (Å²) in [6.07, 6.45) is 8.35. The summed E-state index contributed by atoms with van der Waals surface area (Å²) in [5.74, 6) is -0.161. The number of carbonyl (C=O) groups excluding carboxylic acids is 1. The number of nitrogens with one attached hydrogen (secondary N) is 1. The van der Waals surface area contributed by atoms with Crippen molar-refractivity contribution in [3.8, 4) is 0 Å². The van der Waals surface area contributed by atoms with Gasteiger partial charge in [-0.2, -0.15) is 5.10 Å². The Labute approximate surface area is 141 Å². The average molecular weight is 320 g/mol. The predicted molar refractivity (Wildman–Crippen MR) is 95.6 cm³/mol. The number of nitrogens with zero attached hydrogens (tertiary/aromatic N) is 3. The van der Waals surface area contributed by atoms with Crippen LogP contribution in [0.5, 0.6) is 0 Å². The van der Waals surface area contributed by atoms with Crippen LogP contribution in [-0.2, 0) is 0 Å². The van der Waals surface area contributed by atoms with Crippen molar-refractivity contribution in [2.24, 2.45) is 0 Å². The van der Waals surface area contributed by atoms with E-state index in [1.165, 1.54) is 0 Å². The first-order valence-corrected chi connectivity index (χ1v) is 8.05. The number of aromatic nitrogens is 3. The second-order valence-electron chi connectivity index (χ2n) is 5.71. The van der Waals surface area contributed by atoms with Gasteiger partial charge in [-0.25, -0.2) is 9.50 Å². The summed E-state index contributed by atoms with van der Waals surface area (Å²) < 4.78 is 1.67. The van der Waals surface area contributed by atoms with Gasteiger partial charge in [-0.05, 0) is 31.1 Å². The van der Waals surface area contributed by atoms with E-state index >= 15 is 0 Å². The SMILES string of the molecule is CCC(C)NC(=O)c1ccn2ncc(/C=C/c3ccccc3)c2n1. The van der Waals surface area contributed by atoms with Crippen LogP contribution in [0.4, 0.5) is 0 Å². The highest BCUT2D eigenvalue weighted by Crippen LogP contribution is 2.13. The van der Waals surface area contributed by atoms with Gasteiger partial charge in [0, 0.05) is 17.8 Å². The molecule has 1 unspecified atom stereocenters. The molecule has 5 nitrogen and oxygen atoms in total. The molecule has 0 aliphatic carbocycles. The highest BCUT2D eigenvalue weighted by atomic mass is 16.1. The minimum Gasteiger partial charge on any atom is -0.348 e. The lowest BCUT2D eigenvalue weighted by molar-refractivity contribution is 0.0934. The maximum absolute atomic E-state index is 12.2. The van der Waals surface area contributed by atoms with E-state index in [1.807, 2.05) is 56.3 Å². The van der Waals surface area contributed by atoms with Gasteiger partial charge in [0.1, 0.15) is 5.69 Å². The molecule has 0 saturated heterocycles. The normalized spacial score (nSPS) is 12.6. The molecule has 1 amide bonds. The van der Waals surface area contributed by atoms with Crippen molar-refractivity contribution in [3.63, 3.8) is 0 Å². The molecule has 5 heteroatoms. The number of hydrogen-bond donors (Lipinski definition) is 1. The summed E-state index contributed by atoms with van der Waals surface area (Å²) >= 11 is 0. The second kappa shape index (κ2) is 7.08. The maximum atomic E-state index is 12.2. The van der Waals surface area contributed by atoms with E-state index in [1.54, 1.807) is 23.0 Å². The van der Waals surface area contributed by atoms with Crippen LogP contribution in [0.15, 0.2) is 48.8 Å². The third kappa shape index (κ3) is 3.51. The molecule has 0 fully saturated rings. The molecule has 3 rings (SSSR count). The molecule has 2 aromatic heterocycles. The van der Waals surface area contributed by atoms with Gasteiger partial charge in [-0.3, -0.25) is 4.79 Å². The highest BCUT2D eigenvalue weighted by molar-refractivity contribution is 5.93. The summed E-state index contributed by atoms with van der Waals surface area (Å²) in [5.41, 5.74) is 3.04. The van der Waals surface area contributed by atoms with Gasteiger partial charge < -0.3 is 5.32 Å². The van der Waals surface area contributed by atoms with Gasteiger partial charge in [0.2, 0.25) is 0 Å². The molecule has 1 aromatic carbocycles. The number of amides is 1. The van der Waals surface area contributed by atoms with E-state index in [0.717, 1.165) is 17.5 Å². The first-order valence-electron chi connectivity index (χ1n) is 8.05. The van der Waals surface area contributed by atoms with E-state index in [0.29, 0.717) is 11.3 Å². The van der Waals surface area contributed by atoms with Gasteiger partial charge in [0.25, 0.3) is 5.91 Å². The van der Waals surface area contributed by atoms with Gasteiger partial charge in [0.05, 0.1) is 6.20 Å². The molecule has 0 bridgehead atoms. The molecule has 24 heavy (non-hydrogen) atoms. The summed E-state index contributed by atoms with van der Waals surface area (Å²) in [6, 6.07) is 11.8. The van der Waals surface area contributed by atoms with Crippen LogP contribution in [0.2, 0.25) is 0 Å². The lowest BCUT2D eigenvalue weighted by atomic mass is 10.2. The Morgan fingerprint density at radius 1 is 1.25 bits per heavy atom. The van der Waals surface area contributed by atoms with Crippen molar-refractivity contribution in [3.05, 3.63) is 65.6 Å². The molecule has 1 N–H and O–H groups in total. The summed E-state index contributed by atoms with van der Waals surface area (Å²) in [5, 5.41) is 7.21. The lowest BCUT2D eigenvalue weighted by Gasteiger charge is -2.10. The minimum absolute atomic E-state index is 0.123. The van der Waals surface area contributed by atoms with Crippen LogP contribution < -0.4 is 5.32 Å². The fourth-order valence-electron chi connectivity index (χ4n) is 2.28. The summed E-state index contributed by atoms with van der Waals surface area (Å²) in [6.45, 7) is 4.01. The third-order valence-electron chi connectivity index (χ3n) is 3.87. The molecule has 3 aromatic rings. The van der Waals surface area contributed by atoms with Crippen molar-refractivity contribution >= 4 is 23.7 Å². The van der Waals surface area contributed by atoms with Crippen LogP contribution in [-0.4, -0.2) is 26.5 Å². The second-order valence-corrected chi connectivity index (χ2v) is 5.71. The molecular formula is C19H20N4O. The Morgan fingerprint density at radius 3 is 2.79 bits per heavy atom. The number of benzene rings is 1. The molecule has 0 saturated carbocycles. The molecule has 0 spiro atoms. The summed E-state index contributed by atoms with van der Waals surface area (Å²) in [4.78, 5) is 16.7. The Balaban J connectivity index is 1.89. The zero-order valence-electron chi connectivity index (χ0n) is 13.8. The van der Waals surface area contributed by atoms with Crippen LogP contribution in [0.25, 0.3) is 17.8 Å². The van der Waals surface area contributed by atoms with Crippen molar-refractivity contribution in [1.82, 2.24) is 19.9 Å². The molecule has 2 heterocycles. The topological polar surface area (TPSA) is 59.3 Å². The number of fused-ring (bicyclic) bond motifs is 1. The molecule has 0 aliphatic heterocycles. The quantitative estimate of drug-likeness (QED) is 0.783. The zero-order valence-corrected chi connectivity index (χ0v) is 13.8. The first kappa shape index (κ1) is 15.9. The molecule has 0 radical (unpaired) electrons. The smallest absolute Gasteiger partial charge is 0.270 e. The highest BCUT2D eigenvalue weighted by Gasteiger charge is 2.12. The minimum atomic E-state index is -0.161. The Morgan fingerprint density at radius 2 is 2.04 bits per heavy atom. The Bertz CT molecular complexity index is 867. The monoisotopic (exact) mass is 320 g/mol. The zero-order chi connectivity index (χ0) is 16.9. The van der Waals surface area contributed by atoms with E-state index < -0.39 is 0 Å². The van der Waals surface area contributed by atoms with Crippen LogP contribution in [0.3, 0.4) is 0 Å². The van der Waals surface area contributed by atoms with Crippen molar-refractivity contribution in [1.29, 1.82) is 0 Å². The molecule has 122 valence electrons. The maximum Gasteiger partial charge on any atom is 0.270 e. The van der Waals surface area contributed by atoms with Gasteiger partial charge in [-0.1, -0.05) is 43.3 Å². The molecular weight excluding hydrogens is 300 g/mol. The van der Waals surface area contributed by atoms with E-state index in [2.05, 4.69) is 15.4 Å². The van der Waals surface area contributed by atoms with Gasteiger partial charge >= 0.3 is 0 Å². The molecule has 0 aliphatic rings. The van der Waals surface area contributed by atoms with Gasteiger partial charge in [0.15, 0.2) is 5.65 Å². The van der Waals surface area contributed by atoms with Crippen LogP contribution in [0.1, 0.15) is 41.9 Å². The average Bonchev–Trinajstić information content (AvgIpc) is 3.03. The van der Waals surface area contributed by atoms with Crippen molar-refractivity contribution in [2.45, 2.75) is 26.3 Å². The van der Waals surface area contributed by atoms with Crippen LogP contribution in [0, 0.1) is 0 Å². The van der Waals surface area contributed by atoms with Gasteiger partial charge in [-0.15, -0.1) is 0 Å². The number of rotatable bonds is 5. The van der Waals surface area contributed by atoms with Crippen molar-refractivity contribution in [2.75, 3.05) is 0 Å². The van der Waals surface area contributed by atoms with Crippen molar-refractivity contribution < 1.29 is 4.79 Å². The Kier molecular flexibility index (Phi) is 4.70. The summed E-state index contributed by atoms with van der Waals surface area (Å²) in [7, 11) is 0. The number of hydrogen-bond acceptors (Lipinski definition) is 3. The predicted octanol–water partition coefficient (Wildman–Crippen LogP) is 3.43. The fourth-order valence-corrected chi connectivity index (χ4v) is 2.28. The fraction of sp³-hybridized carbons (Fsp3) is 0.211. The largest absolute Gasteiger partial charge is 0.348 e. The lowest BCUT2D eigenvalue weighted by Crippen LogP contribution is -2.32. The first-order chi connectivity index (χ1) is 11.7. The van der Waals surface area contributed by atoms with E-state index in [-0.39, 0.29) is 11.9 Å².